The Balaban J connectivity index is 1.37. The van der Waals surface area contributed by atoms with Crippen LogP contribution < -0.4 is 10.3 Å². The predicted molar refractivity (Wildman–Crippen MR) is 124 cm³/mol. The maximum absolute atomic E-state index is 13.8. The number of aryl methyl sites for hydroxylation is 1. The number of aromatic amines is 1. The van der Waals surface area contributed by atoms with Crippen molar-refractivity contribution in [2.75, 3.05) is 26.3 Å². The molecule has 190 valence electrons. The van der Waals surface area contributed by atoms with Crippen LogP contribution in [0.4, 0.5) is 13.2 Å². The normalized spacial score (nSPS) is 18.2. The van der Waals surface area contributed by atoms with Crippen LogP contribution in [0.25, 0.3) is 11.0 Å². The number of hydrogen-bond donors (Lipinski definition) is 1. The van der Waals surface area contributed by atoms with Crippen LogP contribution in [0.5, 0.6) is 5.75 Å². The summed E-state index contributed by atoms with van der Waals surface area (Å²) in [5.41, 5.74) is -1.77. The van der Waals surface area contributed by atoms with Crippen LogP contribution in [0.15, 0.2) is 35.1 Å². The molecule has 36 heavy (non-hydrogen) atoms. The Labute approximate surface area is 204 Å². The summed E-state index contributed by atoms with van der Waals surface area (Å²) in [6, 6.07) is 7.42. The molecule has 1 aromatic carbocycles. The average molecular weight is 502 g/mol. The van der Waals surface area contributed by atoms with E-state index in [4.69, 9.17) is 9.47 Å². The van der Waals surface area contributed by atoms with Crippen LogP contribution in [0.3, 0.4) is 0 Å². The van der Waals surface area contributed by atoms with Gasteiger partial charge in [-0.3, -0.25) is 9.59 Å². The molecule has 1 amide bonds. The molecule has 4 heterocycles. The molecule has 8 nitrogen and oxygen atoms in total. The van der Waals surface area contributed by atoms with Gasteiger partial charge in [0.25, 0.3) is 11.5 Å². The zero-order valence-corrected chi connectivity index (χ0v) is 19.8. The number of hydrogen-bond acceptors (Lipinski definition) is 6. The van der Waals surface area contributed by atoms with Gasteiger partial charge in [0, 0.05) is 29.6 Å². The van der Waals surface area contributed by atoms with Crippen LogP contribution in [0.2, 0.25) is 0 Å². The zero-order valence-electron chi connectivity index (χ0n) is 19.8. The van der Waals surface area contributed by atoms with Gasteiger partial charge < -0.3 is 19.4 Å². The molecule has 3 aromatic rings. The van der Waals surface area contributed by atoms with Gasteiger partial charge in [-0.15, -0.1) is 0 Å². The third-order valence-corrected chi connectivity index (χ3v) is 6.73. The molecule has 0 unspecified atom stereocenters. The summed E-state index contributed by atoms with van der Waals surface area (Å²) in [5, 5.41) is -0.0591. The molecule has 11 heteroatoms. The molecule has 1 N–H and O–H groups in total. The largest absolute Gasteiger partial charge is 0.486 e. The minimum Gasteiger partial charge on any atom is -0.486 e. The summed E-state index contributed by atoms with van der Waals surface area (Å²) < 4.78 is 52.5. The fraction of sp³-hybridized carbons (Fsp3) is 0.440. The molecule has 1 atom stereocenters. The van der Waals surface area contributed by atoms with Gasteiger partial charge in [0.1, 0.15) is 17.7 Å². The fourth-order valence-electron chi connectivity index (χ4n) is 4.86. The second-order valence-electron chi connectivity index (χ2n) is 9.55. The molecule has 2 aromatic heterocycles. The van der Waals surface area contributed by atoms with Gasteiger partial charge in [-0.05, 0) is 57.0 Å². The molecule has 2 aliphatic heterocycles. The molecule has 2 saturated heterocycles. The van der Waals surface area contributed by atoms with E-state index in [1.807, 2.05) is 4.90 Å². The zero-order chi connectivity index (χ0) is 25.7. The highest BCUT2D eigenvalue weighted by Crippen LogP contribution is 2.38. The molecule has 0 bridgehead atoms. The maximum Gasteiger partial charge on any atom is 0.433 e. The van der Waals surface area contributed by atoms with Gasteiger partial charge in [-0.25, -0.2) is 9.97 Å². The molecule has 0 aliphatic carbocycles. The van der Waals surface area contributed by atoms with E-state index < -0.39 is 23.5 Å². The Morgan fingerprint density at radius 3 is 2.58 bits per heavy atom. The first-order chi connectivity index (χ1) is 17.0. The van der Waals surface area contributed by atoms with E-state index in [1.165, 1.54) is 13.8 Å². The van der Waals surface area contributed by atoms with Crippen LogP contribution in [0.1, 0.15) is 53.3 Å². The number of halogens is 3. The Kier molecular flexibility index (Phi) is 5.98. The number of H-pyrrole nitrogens is 1. The van der Waals surface area contributed by atoms with E-state index in [0.29, 0.717) is 31.9 Å². The number of carbonyl (C=O) groups is 1. The van der Waals surface area contributed by atoms with Crippen molar-refractivity contribution in [3.8, 4) is 5.75 Å². The standard InChI is InChI=1S/C25H25F3N4O4/c1-14(18-10-19-21(29-15(2)30-22(19)33)31-20(18)25(26,27)28)36-17-6-4-16(5-7-17)23(34)32-9-3-8-24(11-32)12-35-13-24/h4-7,10,14H,3,8-9,11-13H2,1-2H3,(H,29,30,31,33)/t14-/m0/s1. The van der Waals surface area contributed by atoms with Crippen LogP contribution in [-0.4, -0.2) is 52.1 Å². The van der Waals surface area contributed by atoms with Crippen molar-refractivity contribution in [1.29, 1.82) is 0 Å². The van der Waals surface area contributed by atoms with Crippen LogP contribution >= 0.6 is 0 Å². The molecular formula is C25H25F3N4O4. The number of nitrogens with one attached hydrogen (secondary N) is 1. The monoisotopic (exact) mass is 502 g/mol. The third kappa shape index (κ3) is 4.55. The van der Waals surface area contributed by atoms with Gasteiger partial charge >= 0.3 is 6.18 Å². The summed E-state index contributed by atoms with van der Waals surface area (Å²) in [6.07, 6.45) is -3.88. The molecule has 0 saturated carbocycles. The maximum atomic E-state index is 13.8. The molecule has 5 rings (SSSR count). The van der Waals surface area contributed by atoms with E-state index in [1.54, 1.807) is 24.3 Å². The number of rotatable bonds is 4. The van der Waals surface area contributed by atoms with E-state index >= 15 is 0 Å². The highest BCUT2D eigenvalue weighted by molar-refractivity contribution is 5.94. The van der Waals surface area contributed by atoms with Crippen LogP contribution in [0, 0.1) is 12.3 Å². The van der Waals surface area contributed by atoms with Crippen molar-refractivity contribution in [3.05, 3.63) is 63.3 Å². The molecule has 0 radical (unpaired) electrons. The number of carbonyl (C=O) groups excluding carboxylic acids is 1. The highest BCUT2D eigenvalue weighted by atomic mass is 19.4. The van der Waals surface area contributed by atoms with Crippen molar-refractivity contribution in [3.63, 3.8) is 0 Å². The summed E-state index contributed by atoms with van der Waals surface area (Å²) in [7, 11) is 0. The molecule has 2 aliphatic rings. The number of likely N-dealkylation sites (tertiary alicyclic amines) is 1. The van der Waals surface area contributed by atoms with Crippen molar-refractivity contribution in [2.45, 2.75) is 39.0 Å². The highest BCUT2D eigenvalue weighted by Gasteiger charge is 2.43. The fourth-order valence-corrected chi connectivity index (χ4v) is 4.86. The number of piperidine rings is 1. The van der Waals surface area contributed by atoms with Gasteiger partial charge in [0.15, 0.2) is 11.3 Å². The number of nitrogens with zero attached hydrogens (tertiary/aromatic N) is 3. The lowest BCUT2D eigenvalue weighted by Crippen LogP contribution is -2.55. The number of ether oxygens (including phenoxy) is 2. The Bertz CT molecular complexity index is 1370. The quantitative estimate of drug-likeness (QED) is 0.579. The first-order valence-corrected chi connectivity index (χ1v) is 11.7. The van der Waals surface area contributed by atoms with E-state index in [2.05, 4.69) is 15.0 Å². The summed E-state index contributed by atoms with van der Waals surface area (Å²) in [6.45, 7) is 5.59. The van der Waals surface area contributed by atoms with E-state index in [9.17, 15) is 22.8 Å². The van der Waals surface area contributed by atoms with Gasteiger partial charge in [-0.1, -0.05) is 0 Å². The second-order valence-corrected chi connectivity index (χ2v) is 9.55. The lowest BCUT2D eigenvalue weighted by molar-refractivity contribution is -0.142. The lowest BCUT2D eigenvalue weighted by Gasteiger charge is -2.48. The third-order valence-electron chi connectivity index (χ3n) is 6.73. The summed E-state index contributed by atoms with van der Waals surface area (Å²) in [4.78, 5) is 37.2. The molecule has 2 fully saturated rings. The second kappa shape index (κ2) is 8.88. The van der Waals surface area contributed by atoms with Gasteiger partial charge in [-0.2, -0.15) is 13.2 Å². The van der Waals surface area contributed by atoms with Crippen molar-refractivity contribution >= 4 is 16.9 Å². The number of amides is 1. The first kappa shape index (κ1) is 24.2. The number of benzene rings is 1. The number of alkyl halides is 3. The Morgan fingerprint density at radius 1 is 1.22 bits per heavy atom. The number of aromatic nitrogens is 3. The lowest BCUT2D eigenvalue weighted by atomic mass is 9.78. The minimum atomic E-state index is -4.77. The van der Waals surface area contributed by atoms with Crippen molar-refractivity contribution in [2.24, 2.45) is 5.41 Å². The van der Waals surface area contributed by atoms with E-state index in [-0.39, 0.29) is 39.5 Å². The van der Waals surface area contributed by atoms with Gasteiger partial charge in [0.2, 0.25) is 0 Å². The van der Waals surface area contributed by atoms with Crippen LogP contribution in [-0.2, 0) is 10.9 Å². The predicted octanol–water partition coefficient (Wildman–Crippen LogP) is 4.04. The SMILES string of the molecule is Cc1nc2nc(C(F)(F)F)c([C@H](C)Oc3ccc(C(=O)N4CCCC5(COC5)C4)cc3)cc2c(=O)[nH]1. The number of pyridine rings is 1. The first-order valence-electron chi connectivity index (χ1n) is 11.7. The van der Waals surface area contributed by atoms with Crippen molar-refractivity contribution in [1.82, 2.24) is 19.9 Å². The Hall–Kier alpha value is -3.47. The summed E-state index contributed by atoms with van der Waals surface area (Å²) >= 11 is 0. The Morgan fingerprint density at radius 2 is 1.94 bits per heavy atom. The van der Waals surface area contributed by atoms with Crippen molar-refractivity contribution < 1.29 is 27.4 Å². The molecular weight excluding hydrogens is 477 g/mol. The smallest absolute Gasteiger partial charge is 0.433 e. The average Bonchev–Trinajstić information content (AvgIpc) is 2.82. The summed E-state index contributed by atoms with van der Waals surface area (Å²) in [5.74, 6) is 0.354. The van der Waals surface area contributed by atoms with Gasteiger partial charge in [0.05, 0.1) is 18.6 Å². The number of fused-ring (bicyclic) bond motifs is 1. The van der Waals surface area contributed by atoms with E-state index in [0.717, 1.165) is 18.9 Å². The molecule has 1 spiro atoms. The minimum absolute atomic E-state index is 0.0591. The topological polar surface area (TPSA) is 97.4 Å².